The van der Waals surface area contributed by atoms with Crippen LogP contribution in [0.5, 0.6) is 0 Å². The number of hydrogen-bond acceptors (Lipinski definition) is 5. The first kappa shape index (κ1) is 17.1. The van der Waals surface area contributed by atoms with Gasteiger partial charge in [-0.3, -0.25) is 9.78 Å². The molecule has 0 saturated carbocycles. The summed E-state index contributed by atoms with van der Waals surface area (Å²) in [5.74, 6) is -0.724. The molecule has 3 rings (SSSR count). The van der Waals surface area contributed by atoms with E-state index in [9.17, 15) is 18.0 Å². The SMILES string of the molecule is CC(=O)c1cccc(S(=O)(=O)NCCc2ccc3oc(=O)[nH]c3c2)c1. The number of ketones is 1. The van der Waals surface area contributed by atoms with Gasteiger partial charge in [-0.25, -0.2) is 17.9 Å². The van der Waals surface area contributed by atoms with E-state index in [4.69, 9.17) is 4.42 Å². The fourth-order valence-electron chi connectivity index (χ4n) is 2.45. The number of Topliss-reactive ketones (excluding diaryl/α,β-unsaturated/α-hetero) is 1. The van der Waals surface area contributed by atoms with Gasteiger partial charge in [-0.15, -0.1) is 0 Å². The summed E-state index contributed by atoms with van der Waals surface area (Å²) in [5, 5.41) is 0. The van der Waals surface area contributed by atoms with E-state index in [-0.39, 0.29) is 17.2 Å². The Balaban J connectivity index is 1.70. The van der Waals surface area contributed by atoms with Crippen LogP contribution < -0.4 is 10.5 Å². The molecular formula is C17H16N2O5S. The molecule has 0 unspecified atom stereocenters. The lowest BCUT2D eigenvalue weighted by Crippen LogP contribution is -2.26. The number of aromatic nitrogens is 1. The van der Waals surface area contributed by atoms with Crippen LogP contribution in [0.3, 0.4) is 0 Å². The number of aromatic amines is 1. The van der Waals surface area contributed by atoms with E-state index in [0.717, 1.165) is 5.56 Å². The number of carbonyl (C=O) groups excluding carboxylic acids is 1. The largest absolute Gasteiger partial charge is 0.417 e. The third-order valence-corrected chi connectivity index (χ3v) is 5.20. The van der Waals surface area contributed by atoms with Crippen LogP contribution in [-0.4, -0.2) is 25.7 Å². The van der Waals surface area contributed by atoms with E-state index in [1.54, 1.807) is 24.3 Å². The third-order valence-electron chi connectivity index (χ3n) is 3.74. The summed E-state index contributed by atoms with van der Waals surface area (Å²) in [7, 11) is -3.70. The molecule has 3 aromatic rings. The van der Waals surface area contributed by atoms with Gasteiger partial charge in [0.1, 0.15) is 0 Å². The number of carbonyl (C=O) groups is 1. The Hall–Kier alpha value is -2.71. The molecule has 0 saturated heterocycles. The maximum Gasteiger partial charge on any atom is 0.417 e. The van der Waals surface area contributed by atoms with Crippen molar-refractivity contribution in [1.82, 2.24) is 9.71 Å². The molecule has 0 aliphatic rings. The van der Waals surface area contributed by atoms with Crippen molar-refractivity contribution in [2.24, 2.45) is 0 Å². The number of H-pyrrole nitrogens is 1. The van der Waals surface area contributed by atoms with Crippen molar-refractivity contribution in [2.45, 2.75) is 18.2 Å². The number of sulfonamides is 1. The van der Waals surface area contributed by atoms with Gasteiger partial charge >= 0.3 is 5.76 Å². The Kier molecular flexibility index (Phi) is 4.56. The molecule has 0 aliphatic heterocycles. The van der Waals surface area contributed by atoms with Crippen LogP contribution in [-0.2, 0) is 16.4 Å². The first-order valence-corrected chi connectivity index (χ1v) is 9.06. The van der Waals surface area contributed by atoms with Crippen LogP contribution in [0, 0.1) is 0 Å². The lowest BCUT2D eigenvalue weighted by atomic mass is 10.1. The molecule has 2 aromatic carbocycles. The maximum atomic E-state index is 12.3. The highest BCUT2D eigenvalue weighted by Crippen LogP contribution is 2.14. The lowest BCUT2D eigenvalue weighted by Gasteiger charge is -2.08. The molecule has 0 fully saturated rings. The Morgan fingerprint density at radius 2 is 2.00 bits per heavy atom. The average molecular weight is 360 g/mol. The van der Waals surface area contributed by atoms with Crippen molar-refractivity contribution in [2.75, 3.05) is 6.54 Å². The lowest BCUT2D eigenvalue weighted by molar-refractivity contribution is 0.101. The summed E-state index contributed by atoms with van der Waals surface area (Å²) in [5.41, 5.74) is 2.22. The van der Waals surface area contributed by atoms with Gasteiger partial charge in [-0.1, -0.05) is 18.2 Å². The Labute approximate surface area is 143 Å². The van der Waals surface area contributed by atoms with E-state index in [1.165, 1.54) is 25.1 Å². The molecule has 130 valence electrons. The van der Waals surface area contributed by atoms with Crippen LogP contribution >= 0.6 is 0 Å². The zero-order valence-electron chi connectivity index (χ0n) is 13.4. The zero-order chi connectivity index (χ0) is 18.0. The zero-order valence-corrected chi connectivity index (χ0v) is 14.2. The third kappa shape index (κ3) is 3.86. The molecule has 0 bridgehead atoms. The molecule has 7 nitrogen and oxygen atoms in total. The molecule has 1 aromatic heterocycles. The van der Waals surface area contributed by atoms with Crippen molar-refractivity contribution < 1.29 is 17.6 Å². The highest BCUT2D eigenvalue weighted by atomic mass is 32.2. The van der Waals surface area contributed by atoms with Crippen LogP contribution in [0.2, 0.25) is 0 Å². The highest BCUT2D eigenvalue weighted by molar-refractivity contribution is 7.89. The van der Waals surface area contributed by atoms with Crippen molar-refractivity contribution >= 4 is 26.9 Å². The molecule has 0 amide bonds. The van der Waals surface area contributed by atoms with Crippen molar-refractivity contribution in [3.8, 4) is 0 Å². The molecule has 0 atom stereocenters. The van der Waals surface area contributed by atoms with Gasteiger partial charge in [0.15, 0.2) is 11.4 Å². The number of benzene rings is 2. The molecule has 2 N–H and O–H groups in total. The van der Waals surface area contributed by atoms with Gasteiger partial charge in [0.25, 0.3) is 0 Å². The molecule has 0 spiro atoms. The summed E-state index contributed by atoms with van der Waals surface area (Å²) in [6, 6.07) is 11.1. The van der Waals surface area contributed by atoms with Crippen LogP contribution in [0.15, 0.2) is 56.6 Å². The van der Waals surface area contributed by atoms with E-state index in [0.29, 0.717) is 23.1 Å². The number of nitrogens with one attached hydrogen (secondary N) is 2. The van der Waals surface area contributed by atoms with E-state index >= 15 is 0 Å². The Morgan fingerprint density at radius 3 is 2.76 bits per heavy atom. The maximum absolute atomic E-state index is 12.3. The molecular weight excluding hydrogens is 344 g/mol. The summed E-state index contributed by atoms with van der Waals surface area (Å²) < 4.78 is 32.1. The van der Waals surface area contributed by atoms with Gasteiger partial charge in [-0.2, -0.15) is 0 Å². The molecule has 8 heteroatoms. The van der Waals surface area contributed by atoms with Crippen LogP contribution in [0.4, 0.5) is 0 Å². The van der Waals surface area contributed by atoms with E-state index in [2.05, 4.69) is 9.71 Å². The summed E-state index contributed by atoms with van der Waals surface area (Å²) in [4.78, 5) is 25.1. The van der Waals surface area contributed by atoms with Crippen LogP contribution in [0.1, 0.15) is 22.8 Å². The van der Waals surface area contributed by atoms with Crippen molar-refractivity contribution in [3.63, 3.8) is 0 Å². The second-order valence-corrected chi connectivity index (χ2v) is 7.34. The van der Waals surface area contributed by atoms with Gasteiger partial charge < -0.3 is 4.42 Å². The fraction of sp³-hybridized carbons (Fsp3) is 0.176. The minimum atomic E-state index is -3.70. The topological polar surface area (TPSA) is 109 Å². The molecule has 25 heavy (non-hydrogen) atoms. The van der Waals surface area contributed by atoms with E-state index < -0.39 is 15.8 Å². The molecule has 0 radical (unpaired) electrons. The summed E-state index contributed by atoms with van der Waals surface area (Å²) >= 11 is 0. The second kappa shape index (κ2) is 6.66. The Morgan fingerprint density at radius 1 is 1.20 bits per heavy atom. The molecule has 1 heterocycles. The van der Waals surface area contributed by atoms with Gasteiger partial charge in [0.2, 0.25) is 10.0 Å². The predicted molar refractivity (Wildman–Crippen MR) is 92.2 cm³/mol. The van der Waals surface area contributed by atoms with Crippen molar-refractivity contribution in [3.05, 3.63) is 64.1 Å². The Bertz CT molecular complexity index is 1100. The van der Waals surface area contributed by atoms with Gasteiger partial charge in [-0.05, 0) is 43.2 Å². The number of rotatable bonds is 6. The minimum absolute atomic E-state index is 0.0508. The van der Waals surface area contributed by atoms with Gasteiger partial charge in [0.05, 0.1) is 10.4 Å². The predicted octanol–water partition coefficient (Wildman–Crippen LogP) is 1.84. The van der Waals surface area contributed by atoms with Crippen LogP contribution in [0.25, 0.3) is 11.1 Å². The first-order valence-electron chi connectivity index (χ1n) is 7.57. The molecule has 0 aliphatic carbocycles. The quantitative estimate of drug-likeness (QED) is 0.652. The minimum Gasteiger partial charge on any atom is -0.408 e. The summed E-state index contributed by atoms with van der Waals surface area (Å²) in [6.45, 7) is 1.57. The average Bonchev–Trinajstić information content (AvgIpc) is 2.94. The number of fused-ring (bicyclic) bond motifs is 1. The number of oxazole rings is 1. The highest BCUT2D eigenvalue weighted by Gasteiger charge is 2.15. The normalized spacial score (nSPS) is 11.7. The van der Waals surface area contributed by atoms with E-state index in [1.807, 2.05) is 0 Å². The first-order chi connectivity index (χ1) is 11.8. The smallest absolute Gasteiger partial charge is 0.408 e. The monoisotopic (exact) mass is 360 g/mol. The van der Waals surface area contributed by atoms with Crippen molar-refractivity contribution in [1.29, 1.82) is 0 Å². The number of hydrogen-bond donors (Lipinski definition) is 2. The standard InChI is InChI=1S/C17H16N2O5S/c1-11(20)13-3-2-4-14(10-13)25(22,23)18-8-7-12-5-6-16-15(9-12)19-17(21)24-16/h2-6,9-10,18H,7-8H2,1H3,(H,19,21). The summed E-state index contributed by atoms with van der Waals surface area (Å²) in [6.07, 6.45) is 0.439. The van der Waals surface area contributed by atoms with Gasteiger partial charge in [0, 0.05) is 12.1 Å². The fourth-order valence-corrected chi connectivity index (χ4v) is 3.53. The second-order valence-electron chi connectivity index (χ2n) is 5.58.